The second-order valence-corrected chi connectivity index (χ2v) is 2.46. The van der Waals surface area contributed by atoms with E-state index in [1.807, 2.05) is 0 Å². The first-order valence-electron chi connectivity index (χ1n) is 3.18. The van der Waals surface area contributed by atoms with Gasteiger partial charge in [-0.15, -0.1) is 0 Å². The Balaban J connectivity index is 4.29. The van der Waals surface area contributed by atoms with Crippen LogP contribution in [0.5, 0.6) is 0 Å². The summed E-state index contributed by atoms with van der Waals surface area (Å²) in [7, 11) is 2.69. The molecule has 0 rings (SSSR count). The van der Waals surface area contributed by atoms with Crippen molar-refractivity contribution in [3.05, 3.63) is 0 Å². The summed E-state index contributed by atoms with van der Waals surface area (Å²) in [4.78, 5) is 21.9. The number of carbonyl (C=O) groups is 2. The van der Waals surface area contributed by atoms with Crippen LogP contribution in [0, 0.1) is 0 Å². The number of aliphatic carboxylic acids is 1. The standard InChI is InChI=1S/C6H11NO5/c1-7(2)5(10)3(8)4(9)6(11)12/h3-4,8-9H,1-2H3,(H,11,12)/t3-,4-/m1/s1. The van der Waals surface area contributed by atoms with Gasteiger partial charge in [-0.2, -0.15) is 0 Å². The molecule has 6 nitrogen and oxygen atoms in total. The van der Waals surface area contributed by atoms with E-state index in [0.717, 1.165) is 4.90 Å². The zero-order valence-corrected chi connectivity index (χ0v) is 6.76. The average molecular weight is 177 g/mol. The van der Waals surface area contributed by atoms with Gasteiger partial charge in [-0.3, -0.25) is 4.79 Å². The molecule has 0 aliphatic rings. The highest BCUT2D eigenvalue weighted by molar-refractivity contribution is 5.87. The van der Waals surface area contributed by atoms with Gasteiger partial charge >= 0.3 is 5.97 Å². The smallest absolute Gasteiger partial charge is 0.335 e. The van der Waals surface area contributed by atoms with E-state index in [-0.39, 0.29) is 0 Å². The third kappa shape index (κ3) is 2.48. The summed E-state index contributed by atoms with van der Waals surface area (Å²) in [5.41, 5.74) is 0. The Kier molecular flexibility index (Phi) is 3.65. The van der Waals surface area contributed by atoms with Crippen LogP contribution in [0.4, 0.5) is 0 Å². The highest BCUT2D eigenvalue weighted by atomic mass is 16.4. The minimum absolute atomic E-state index is 0.843. The first-order chi connectivity index (χ1) is 5.37. The van der Waals surface area contributed by atoms with Crippen LogP contribution < -0.4 is 0 Å². The molecule has 12 heavy (non-hydrogen) atoms. The molecular weight excluding hydrogens is 166 g/mol. The molecule has 0 spiro atoms. The van der Waals surface area contributed by atoms with Crippen LogP contribution in [0.1, 0.15) is 0 Å². The molecule has 0 unspecified atom stereocenters. The molecule has 0 aromatic heterocycles. The number of nitrogens with zero attached hydrogens (tertiary/aromatic N) is 1. The Bertz CT molecular complexity index is 190. The number of likely N-dealkylation sites (N-methyl/N-ethyl adjacent to an activating group) is 1. The predicted octanol–water partition coefficient (Wildman–Crippen LogP) is -2.12. The van der Waals surface area contributed by atoms with Crippen molar-refractivity contribution in [2.75, 3.05) is 14.1 Å². The molecule has 6 heteroatoms. The Morgan fingerprint density at radius 1 is 1.17 bits per heavy atom. The zero-order valence-electron chi connectivity index (χ0n) is 6.76. The van der Waals surface area contributed by atoms with E-state index >= 15 is 0 Å². The Morgan fingerprint density at radius 3 is 1.83 bits per heavy atom. The van der Waals surface area contributed by atoms with Crippen LogP contribution >= 0.6 is 0 Å². The van der Waals surface area contributed by atoms with Gasteiger partial charge in [-0.05, 0) is 0 Å². The molecule has 1 amide bonds. The monoisotopic (exact) mass is 177 g/mol. The minimum Gasteiger partial charge on any atom is -0.479 e. The van der Waals surface area contributed by atoms with Gasteiger partial charge in [0.1, 0.15) is 0 Å². The average Bonchev–Trinajstić information content (AvgIpc) is 2.00. The number of aliphatic hydroxyl groups excluding tert-OH is 2. The number of carbonyl (C=O) groups excluding carboxylic acids is 1. The topological polar surface area (TPSA) is 98.1 Å². The zero-order chi connectivity index (χ0) is 9.89. The first-order valence-corrected chi connectivity index (χ1v) is 3.18. The predicted molar refractivity (Wildman–Crippen MR) is 38.3 cm³/mol. The van der Waals surface area contributed by atoms with E-state index in [4.69, 9.17) is 15.3 Å². The molecular formula is C6H11NO5. The van der Waals surface area contributed by atoms with Gasteiger partial charge in [0.05, 0.1) is 0 Å². The third-order valence-electron chi connectivity index (χ3n) is 1.25. The SMILES string of the molecule is CN(C)C(=O)[C@H](O)[C@@H](O)C(=O)O. The molecule has 0 aromatic rings. The van der Waals surface area contributed by atoms with Crippen LogP contribution in [-0.4, -0.2) is 58.4 Å². The molecule has 0 aliphatic carbocycles. The summed E-state index contributed by atoms with van der Waals surface area (Å²) in [5.74, 6) is -2.47. The maximum Gasteiger partial charge on any atom is 0.335 e. The number of carboxylic acids is 1. The van der Waals surface area contributed by atoms with Crippen molar-refractivity contribution in [1.29, 1.82) is 0 Å². The molecule has 0 bridgehead atoms. The van der Waals surface area contributed by atoms with Crippen molar-refractivity contribution >= 4 is 11.9 Å². The van der Waals surface area contributed by atoms with Crippen molar-refractivity contribution in [3.63, 3.8) is 0 Å². The lowest BCUT2D eigenvalue weighted by Gasteiger charge is -2.17. The highest BCUT2D eigenvalue weighted by Gasteiger charge is 2.30. The van der Waals surface area contributed by atoms with Crippen molar-refractivity contribution in [3.8, 4) is 0 Å². The van der Waals surface area contributed by atoms with Crippen LogP contribution in [0.3, 0.4) is 0 Å². The van der Waals surface area contributed by atoms with Gasteiger partial charge in [0.25, 0.3) is 5.91 Å². The normalized spacial score (nSPS) is 15.0. The Hall–Kier alpha value is -1.14. The molecule has 0 radical (unpaired) electrons. The third-order valence-corrected chi connectivity index (χ3v) is 1.25. The van der Waals surface area contributed by atoms with Gasteiger partial charge in [-0.1, -0.05) is 0 Å². The van der Waals surface area contributed by atoms with E-state index < -0.39 is 24.1 Å². The molecule has 0 saturated heterocycles. The van der Waals surface area contributed by atoms with Crippen molar-refractivity contribution in [2.24, 2.45) is 0 Å². The van der Waals surface area contributed by atoms with E-state index in [1.165, 1.54) is 14.1 Å². The van der Waals surface area contributed by atoms with Crippen molar-refractivity contribution < 1.29 is 24.9 Å². The maximum atomic E-state index is 10.8. The number of hydrogen-bond donors (Lipinski definition) is 3. The van der Waals surface area contributed by atoms with E-state index in [1.54, 1.807) is 0 Å². The second kappa shape index (κ2) is 4.03. The Labute approximate surface area is 69.0 Å². The molecule has 0 saturated carbocycles. The van der Waals surface area contributed by atoms with Crippen molar-refractivity contribution in [2.45, 2.75) is 12.2 Å². The van der Waals surface area contributed by atoms with Crippen LogP contribution in [-0.2, 0) is 9.59 Å². The summed E-state index contributed by atoms with van der Waals surface area (Å²) in [6.07, 6.45) is -3.97. The Morgan fingerprint density at radius 2 is 1.58 bits per heavy atom. The summed E-state index contributed by atoms with van der Waals surface area (Å²) >= 11 is 0. The van der Waals surface area contributed by atoms with Gasteiger partial charge in [0.15, 0.2) is 12.2 Å². The van der Waals surface area contributed by atoms with Gasteiger partial charge in [0.2, 0.25) is 0 Å². The lowest BCUT2D eigenvalue weighted by atomic mass is 10.2. The van der Waals surface area contributed by atoms with Gasteiger partial charge in [0, 0.05) is 14.1 Å². The molecule has 0 aliphatic heterocycles. The van der Waals surface area contributed by atoms with Gasteiger partial charge in [-0.25, -0.2) is 4.79 Å². The molecule has 0 heterocycles. The molecule has 0 fully saturated rings. The van der Waals surface area contributed by atoms with Gasteiger partial charge < -0.3 is 20.2 Å². The highest BCUT2D eigenvalue weighted by Crippen LogP contribution is 1.97. The lowest BCUT2D eigenvalue weighted by molar-refractivity contribution is -0.161. The second-order valence-electron chi connectivity index (χ2n) is 2.46. The van der Waals surface area contributed by atoms with Crippen LogP contribution in [0.25, 0.3) is 0 Å². The lowest BCUT2D eigenvalue weighted by Crippen LogP contribution is -2.45. The minimum atomic E-state index is -2.07. The van der Waals surface area contributed by atoms with Crippen LogP contribution in [0.15, 0.2) is 0 Å². The fourth-order valence-electron chi connectivity index (χ4n) is 0.535. The summed E-state index contributed by atoms with van der Waals surface area (Å²) in [5, 5.41) is 25.8. The number of carboxylic acid groups (broad SMARTS) is 1. The fourth-order valence-corrected chi connectivity index (χ4v) is 0.535. The van der Waals surface area contributed by atoms with Crippen LogP contribution in [0.2, 0.25) is 0 Å². The number of rotatable bonds is 3. The molecule has 0 aromatic carbocycles. The summed E-state index contributed by atoms with van der Waals surface area (Å²) < 4.78 is 0. The largest absolute Gasteiger partial charge is 0.479 e. The quantitative estimate of drug-likeness (QED) is 0.458. The van der Waals surface area contributed by atoms with E-state index in [2.05, 4.69) is 0 Å². The molecule has 2 atom stereocenters. The number of aliphatic hydroxyl groups is 2. The number of hydrogen-bond acceptors (Lipinski definition) is 4. The number of amides is 1. The molecule has 70 valence electrons. The summed E-state index contributed by atoms with van der Waals surface area (Å²) in [6.45, 7) is 0. The fraction of sp³-hybridized carbons (Fsp3) is 0.667. The van der Waals surface area contributed by atoms with E-state index in [0.29, 0.717) is 0 Å². The van der Waals surface area contributed by atoms with E-state index in [9.17, 15) is 9.59 Å². The first kappa shape index (κ1) is 10.9. The van der Waals surface area contributed by atoms with Crippen molar-refractivity contribution in [1.82, 2.24) is 4.90 Å². The summed E-state index contributed by atoms with van der Waals surface area (Å²) in [6, 6.07) is 0. The molecule has 3 N–H and O–H groups in total. The maximum absolute atomic E-state index is 10.8.